The van der Waals surface area contributed by atoms with Crippen LogP contribution in [0.15, 0.2) is 42.5 Å². The second-order valence-electron chi connectivity index (χ2n) is 6.00. The molecule has 2 aromatic carbocycles. The summed E-state index contributed by atoms with van der Waals surface area (Å²) in [6.07, 6.45) is 0.951. The van der Waals surface area contributed by atoms with Gasteiger partial charge in [-0.1, -0.05) is 23.7 Å². The van der Waals surface area contributed by atoms with Gasteiger partial charge in [-0.15, -0.1) is 0 Å². The first kappa shape index (κ1) is 22.0. The minimum Gasteiger partial charge on any atom is -0.493 e. The van der Waals surface area contributed by atoms with E-state index in [1.807, 2.05) is 0 Å². The number of methoxy groups -OCH3 is 2. The van der Waals surface area contributed by atoms with E-state index in [1.54, 1.807) is 48.4 Å². The normalized spacial score (nSPS) is 11.1. The molecular weight excluding hydrogens is 406 g/mol. The van der Waals surface area contributed by atoms with Gasteiger partial charge < -0.3 is 18.6 Å². The fourth-order valence-electron chi connectivity index (χ4n) is 2.53. The number of rotatable bonds is 9. The number of ether oxygens (including phenoxy) is 2. The van der Waals surface area contributed by atoms with Gasteiger partial charge in [0.05, 0.1) is 20.0 Å². The SMILES string of the molecule is COCCN(Cc1ccc(OC)c(OS(C)(=O)=O)c1)C(=O)c1cccc(Cl)c1. The number of benzene rings is 2. The predicted molar refractivity (Wildman–Crippen MR) is 107 cm³/mol. The smallest absolute Gasteiger partial charge is 0.306 e. The summed E-state index contributed by atoms with van der Waals surface area (Å²) in [5, 5.41) is 0.464. The van der Waals surface area contributed by atoms with E-state index in [2.05, 4.69) is 0 Å². The van der Waals surface area contributed by atoms with Crippen LogP contribution in [0.2, 0.25) is 5.02 Å². The van der Waals surface area contributed by atoms with Crippen molar-refractivity contribution >= 4 is 27.6 Å². The highest BCUT2D eigenvalue weighted by Crippen LogP contribution is 2.30. The van der Waals surface area contributed by atoms with Crippen molar-refractivity contribution in [3.05, 3.63) is 58.6 Å². The van der Waals surface area contributed by atoms with E-state index in [0.29, 0.717) is 29.3 Å². The number of carbonyl (C=O) groups excluding carboxylic acids is 1. The summed E-state index contributed by atoms with van der Waals surface area (Å²) in [6, 6.07) is 11.5. The zero-order valence-corrected chi connectivity index (χ0v) is 17.4. The number of hydrogen-bond acceptors (Lipinski definition) is 6. The molecule has 1 amide bonds. The van der Waals surface area contributed by atoms with Crippen molar-refractivity contribution in [3.63, 3.8) is 0 Å². The Morgan fingerprint density at radius 1 is 1.11 bits per heavy atom. The molecule has 28 heavy (non-hydrogen) atoms. The Balaban J connectivity index is 2.31. The molecule has 7 nitrogen and oxygen atoms in total. The Morgan fingerprint density at radius 2 is 1.86 bits per heavy atom. The Labute approximate surface area is 169 Å². The molecule has 0 atom stereocenters. The summed E-state index contributed by atoms with van der Waals surface area (Å²) in [4.78, 5) is 14.5. The first-order chi connectivity index (χ1) is 13.2. The molecule has 0 aliphatic rings. The van der Waals surface area contributed by atoms with Crippen LogP contribution in [-0.2, 0) is 21.4 Å². The lowest BCUT2D eigenvalue weighted by atomic mass is 10.1. The van der Waals surface area contributed by atoms with E-state index in [0.717, 1.165) is 6.26 Å². The maximum atomic E-state index is 12.9. The monoisotopic (exact) mass is 427 g/mol. The molecule has 2 aromatic rings. The summed E-state index contributed by atoms with van der Waals surface area (Å²) in [6.45, 7) is 0.907. The van der Waals surface area contributed by atoms with Gasteiger partial charge in [-0.3, -0.25) is 4.79 Å². The minimum absolute atomic E-state index is 0.0596. The zero-order valence-electron chi connectivity index (χ0n) is 15.8. The van der Waals surface area contributed by atoms with Crippen LogP contribution in [0.4, 0.5) is 0 Å². The number of hydrogen-bond donors (Lipinski definition) is 0. The van der Waals surface area contributed by atoms with E-state index in [1.165, 1.54) is 13.2 Å². The van der Waals surface area contributed by atoms with Crippen LogP contribution in [0.5, 0.6) is 11.5 Å². The Morgan fingerprint density at radius 3 is 2.46 bits per heavy atom. The third-order valence-corrected chi connectivity index (χ3v) is 4.48. The molecule has 0 aliphatic heterocycles. The van der Waals surface area contributed by atoms with Gasteiger partial charge in [0.15, 0.2) is 11.5 Å². The van der Waals surface area contributed by atoms with E-state index in [-0.39, 0.29) is 24.0 Å². The molecule has 0 heterocycles. The number of amides is 1. The van der Waals surface area contributed by atoms with Gasteiger partial charge >= 0.3 is 10.1 Å². The molecule has 2 rings (SSSR count). The zero-order chi connectivity index (χ0) is 20.7. The third kappa shape index (κ3) is 6.40. The molecule has 0 fully saturated rings. The van der Waals surface area contributed by atoms with Gasteiger partial charge in [-0.2, -0.15) is 8.42 Å². The average Bonchev–Trinajstić information content (AvgIpc) is 2.63. The van der Waals surface area contributed by atoms with Gasteiger partial charge in [-0.25, -0.2) is 0 Å². The first-order valence-corrected chi connectivity index (χ1v) is 10.5. The van der Waals surface area contributed by atoms with Crippen molar-refractivity contribution in [1.82, 2.24) is 4.90 Å². The van der Waals surface area contributed by atoms with Gasteiger partial charge in [0.2, 0.25) is 0 Å². The highest BCUT2D eigenvalue weighted by Gasteiger charge is 2.18. The van der Waals surface area contributed by atoms with Gasteiger partial charge in [0.25, 0.3) is 5.91 Å². The van der Waals surface area contributed by atoms with Gasteiger partial charge in [0, 0.05) is 30.8 Å². The predicted octanol–water partition coefficient (Wildman–Crippen LogP) is 2.98. The molecule has 0 saturated carbocycles. The summed E-state index contributed by atoms with van der Waals surface area (Å²) in [7, 11) is -0.765. The highest BCUT2D eigenvalue weighted by molar-refractivity contribution is 7.86. The van der Waals surface area contributed by atoms with Crippen molar-refractivity contribution in [1.29, 1.82) is 0 Å². The van der Waals surface area contributed by atoms with Crippen molar-refractivity contribution in [2.75, 3.05) is 33.6 Å². The van der Waals surface area contributed by atoms with E-state index in [4.69, 9.17) is 25.3 Å². The second kappa shape index (κ2) is 9.77. The van der Waals surface area contributed by atoms with Crippen LogP contribution in [0.25, 0.3) is 0 Å². The van der Waals surface area contributed by atoms with Crippen LogP contribution >= 0.6 is 11.6 Å². The van der Waals surface area contributed by atoms with Gasteiger partial charge in [-0.05, 0) is 35.9 Å². The quantitative estimate of drug-likeness (QED) is 0.572. The van der Waals surface area contributed by atoms with E-state index >= 15 is 0 Å². The second-order valence-corrected chi connectivity index (χ2v) is 8.01. The third-order valence-electron chi connectivity index (χ3n) is 3.77. The molecule has 0 N–H and O–H groups in total. The molecule has 0 aliphatic carbocycles. The van der Waals surface area contributed by atoms with Crippen molar-refractivity contribution in [3.8, 4) is 11.5 Å². The molecule has 0 unspecified atom stereocenters. The number of halogens is 1. The lowest BCUT2D eigenvalue weighted by Gasteiger charge is -2.23. The molecule has 0 aromatic heterocycles. The number of carbonyl (C=O) groups is 1. The largest absolute Gasteiger partial charge is 0.493 e. The lowest BCUT2D eigenvalue weighted by molar-refractivity contribution is 0.0680. The standard InChI is InChI=1S/C19H22ClNO6S/c1-25-10-9-21(19(22)15-5-4-6-16(20)12-15)13-14-7-8-17(26-2)18(11-14)27-28(3,23)24/h4-8,11-12H,9-10,13H2,1-3H3. The van der Waals surface area contributed by atoms with Crippen LogP contribution in [-0.4, -0.2) is 52.9 Å². The summed E-state index contributed by atoms with van der Waals surface area (Å²) >= 11 is 5.99. The maximum Gasteiger partial charge on any atom is 0.306 e. The fourth-order valence-corrected chi connectivity index (χ4v) is 3.17. The molecule has 9 heteroatoms. The van der Waals surface area contributed by atoms with Crippen LogP contribution in [0, 0.1) is 0 Å². The lowest BCUT2D eigenvalue weighted by Crippen LogP contribution is -2.33. The van der Waals surface area contributed by atoms with Crippen molar-refractivity contribution in [2.24, 2.45) is 0 Å². The van der Waals surface area contributed by atoms with Crippen LogP contribution in [0.3, 0.4) is 0 Å². The topological polar surface area (TPSA) is 82.1 Å². The van der Waals surface area contributed by atoms with Crippen molar-refractivity contribution < 1.29 is 26.9 Å². The molecule has 0 radical (unpaired) electrons. The highest BCUT2D eigenvalue weighted by atomic mass is 35.5. The molecule has 152 valence electrons. The fraction of sp³-hybridized carbons (Fsp3) is 0.316. The molecular formula is C19H22ClNO6S. The van der Waals surface area contributed by atoms with Gasteiger partial charge in [0.1, 0.15) is 0 Å². The molecule has 0 saturated heterocycles. The molecule has 0 bridgehead atoms. The summed E-state index contributed by atoms with van der Waals surface area (Å²) < 4.78 is 38.2. The first-order valence-electron chi connectivity index (χ1n) is 8.33. The average molecular weight is 428 g/mol. The van der Waals surface area contributed by atoms with Crippen LogP contribution in [0.1, 0.15) is 15.9 Å². The van der Waals surface area contributed by atoms with E-state index in [9.17, 15) is 13.2 Å². The molecule has 0 spiro atoms. The Hall–Kier alpha value is -2.29. The number of nitrogens with zero attached hydrogens (tertiary/aromatic N) is 1. The minimum atomic E-state index is -3.73. The van der Waals surface area contributed by atoms with Crippen LogP contribution < -0.4 is 8.92 Å². The van der Waals surface area contributed by atoms with Crippen molar-refractivity contribution in [2.45, 2.75) is 6.54 Å². The Kier molecular flexibility index (Phi) is 7.68. The summed E-state index contributed by atoms with van der Waals surface area (Å²) in [5.41, 5.74) is 1.12. The van der Waals surface area contributed by atoms with E-state index < -0.39 is 10.1 Å². The summed E-state index contributed by atoms with van der Waals surface area (Å²) in [5.74, 6) is 0.115. The maximum absolute atomic E-state index is 12.9. The Bertz CT molecular complexity index is 932.